The van der Waals surface area contributed by atoms with Gasteiger partial charge in [0.1, 0.15) is 17.1 Å². The van der Waals surface area contributed by atoms with Crippen LogP contribution in [0.3, 0.4) is 0 Å². The van der Waals surface area contributed by atoms with Crippen molar-refractivity contribution in [2.75, 3.05) is 86.6 Å². The average molecular weight is 667 g/mol. The minimum absolute atomic E-state index is 0.476. The van der Waals surface area contributed by atoms with E-state index in [-0.39, 0.29) is 0 Å². The maximum absolute atomic E-state index is 5.99. The third-order valence-corrected chi connectivity index (χ3v) is 10.7. The lowest BCUT2D eigenvalue weighted by Crippen LogP contribution is -2.52. The van der Waals surface area contributed by atoms with E-state index in [0.29, 0.717) is 23.7 Å². The van der Waals surface area contributed by atoms with E-state index in [1.807, 2.05) is 25.4 Å². The molecule has 0 bridgehead atoms. The molecule has 2 saturated heterocycles. The quantitative estimate of drug-likeness (QED) is 0.174. The topological polar surface area (TPSA) is 97.8 Å². The minimum atomic E-state index is 0.476. The molecule has 3 aliphatic rings. The summed E-state index contributed by atoms with van der Waals surface area (Å²) in [4.78, 5) is 26.5. The van der Waals surface area contributed by atoms with E-state index in [0.717, 1.165) is 52.5 Å². The normalized spacial score (nSPS) is 17.8. The van der Waals surface area contributed by atoms with Crippen molar-refractivity contribution in [3.8, 4) is 5.75 Å². The van der Waals surface area contributed by atoms with Crippen molar-refractivity contribution < 1.29 is 4.74 Å². The van der Waals surface area contributed by atoms with Crippen LogP contribution in [-0.4, -0.2) is 103 Å². The number of anilines is 6. The van der Waals surface area contributed by atoms with Gasteiger partial charge < -0.3 is 29.5 Å². The average Bonchev–Trinajstić information content (AvgIpc) is 3.97. The van der Waals surface area contributed by atoms with Crippen LogP contribution in [0.15, 0.2) is 49.4 Å². The first kappa shape index (κ1) is 32.4. The maximum Gasteiger partial charge on any atom is 0.229 e. The number of nitrogens with one attached hydrogen (secondary N) is 2. The first-order valence-electron chi connectivity index (χ1n) is 16.9. The van der Waals surface area contributed by atoms with E-state index in [4.69, 9.17) is 9.72 Å². The number of hydrogen-bond acceptors (Lipinski definition) is 12. The van der Waals surface area contributed by atoms with Crippen molar-refractivity contribution in [3.05, 3.63) is 60.6 Å². The second-order valence-electron chi connectivity index (χ2n) is 13.0. The zero-order valence-electron chi connectivity index (χ0n) is 28.4. The summed E-state index contributed by atoms with van der Waals surface area (Å²) in [5.41, 5.74) is 7.79. The molecule has 12 heteroatoms. The van der Waals surface area contributed by atoms with Crippen LogP contribution in [0.5, 0.6) is 5.75 Å². The van der Waals surface area contributed by atoms with Crippen molar-refractivity contribution in [1.29, 1.82) is 0 Å². The molecular weight excluding hydrogens is 621 g/mol. The van der Waals surface area contributed by atoms with Gasteiger partial charge in [-0.25, -0.2) is 4.98 Å². The fourth-order valence-corrected chi connectivity index (χ4v) is 7.36. The largest absolute Gasteiger partial charge is 0.494 e. The standard InChI is InChI=1S/C36H46N10OS/c1-6-24-23-39-36(42-35(24)40-29-10-9-28-33(38-14-13-37-28)34(29)44(3)48-5)41-30-21-27(25-7-8-25)31(22-32(30)47-4)46-15-11-26(12-16-46)45-19-17-43(2)18-20-45/h6,9-10,13-14,21-23,25-26H,1,7-8,11-12,15-20H2,2-5H3,(H2,39,40,41,42). The minimum Gasteiger partial charge on any atom is -0.494 e. The van der Waals surface area contributed by atoms with Crippen LogP contribution in [0.1, 0.15) is 42.7 Å². The molecule has 4 heterocycles. The maximum atomic E-state index is 5.99. The van der Waals surface area contributed by atoms with Gasteiger partial charge in [-0.1, -0.05) is 24.6 Å². The molecule has 0 radical (unpaired) electrons. The molecule has 1 aliphatic carbocycles. The molecule has 2 aliphatic heterocycles. The molecule has 2 N–H and O–H groups in total. The Kier molecular flexibility index (Phi) is 9.56. The summed E-state index contributed by atoms with van der Waals surface area (Å²) < 4.78 is 8.06. The fourth-order valence-electron chi connectivity index (χ4n) is 6.99. The van der Waals surface area contributed by atoms with Gasteiger partial charge in [-0.05, 0) is 62.4 Å². The second-order valence-corrected chi connectivity index (χ2v) is 13.9. The van der Waals surface area contributed by atoms with E-state index in [9.17, 15) is 0 Å². The molecule has 7 rings (SSSR count). The number of aromatic nitrogens is 4. The summed E-state index contributed by atoms with van der Waals surface area (Å²) in [5.74, 6) is 2.48. The number of ether oxygens (including phenoxy) is 1. The zero-order valence-corrected chi connectivity index (χ0v) is 29.3. The summed E-state index contributed by atoms with van der Waals surface area (Å²) in [5, 5.41) is 7.04. The Morgan fingerprint density at radius 1 is 0.958 bits per heavy atom. The Bertz CT molecular complexity index is 1770. The van der Waals surface area contributed by atoms with Crippen molar-refractivity contribution in [3.63, 3.8) is 0 Å². The Labute approximate surface area is 287 Å². The third kappa shape index (κ3) is 6.74. The van der Waals surface area contributed by atoms with Crippen LogP contribution in [0.4, 0.5) is 34.5 Å². The molecule has 0 amide bonds. The fraction of sp³-hybridized carbons (Fsp3) is 0.444. The lowest BCUT2D eigenvalue weighted by molar-refractivity contribution is 0.0982. The van der Waals surface area contributed by atoms with Gasteiger partial charge in [-0.2, -0.15) is 4.98 Å². The molecule has 2 aromatic carbocycles. The van der Waals surface area contributed by atoms with E-state index in [1.54, 1.807) is 43.7 Å². The Hall–Kier alpha value is -4.13. The van der Waals surface area contributed by atoms with Crippen LogP contribution < -0.4 is 24.6 Å². The van der Waals surface area contributed by atoms with E-state index in [1.165, 1.54) is 63.1 Å². The van der Waals surface area contributed by atoms with Gasteiger partial charge in [-0.3, -0.25) is 14.9 Å². The van der Waals surface area contributed by atoms with E-state index in [2.05, 4.69) is 70.3 Å². The van der Waals surface area contributed by atoms with Crippen LogP contribution in [0.25, 0.3) is 17.1 Å². The van der Waals surface area contributed by atoms with Gasteiger partial charge in [0.2, 0.25) is 5.95 Å². The Morgan fingerprint density at radius 2 is 1.73 bits per heavy atom. The summed E-state index contributed by atoms with van der Waals surface area (Å²) in [7, 11) is 5.98. The van der Waals surface area contributed by atoms with Gasteiger partial charge in [0, 0.05) is 94.5 Å². The first-order valence-corrected chi connectivity index (χ1v) is 18.1. The number of hydrogen-bond donors (Lipinski definition) is 2. The highest BCUT2D eigenvalue weighted by atomic mass is 32.2. The number of nitrogens with zero attached hydrogens (tertiary/aromatic N) is 8. The summed E-state index contributed by atoms with van der Waals surface area (Å²) in [6.07, 6.45) is 13.9. The molecule has 1 saturated carbocycles. The highest BCUT2D eigenvalue weighted by molar-refractivity contribution is 7.99. The van der Waals surface area contributed by atoms with Gasteiger partial charge in [0.05, 0.1) is 29.7 Å². The molecule has 0 unspecified atom stereocenters. The van der Waals surface area contributed by atoms with Gasteiger partial charge in [0.25, 0.3) is 0 Å². The number of benzene rings is 2. The summed E-state index contributed by atoms with van der Waals surface area (Å²) >= 11 is 1.60. The Balaban J connectivity index is 1.14. The number of likely N-dealkylation sites (N-methyl/N-ethyl adjacent to an activating group) is 1. The Morgan fingerprint density at radius 3 is 2.44 bits per heavy atom. The van der Waals surface area contributed by atoms with E-state index < -0.39 is 0 Å². The lowest BCUT2D eigenvalue weighted by Gasteiger charge is -2.43. The molecule has 48 heavy (non-hydrogen) atoms. The van der Waals surface area contributed by atoms with Crippen LogP contribution >= 0.6 is 11.9 Å². The molecule has 0 atom stereocenters. The number of piperidine rings is 1. The zero-order chi connectivity index (χ0) is 33.2. The highest BCUT2D eigenvalue weighted by Gasteiger charge is 2.32. The number of methoxy groups -OCH3 is 1. The predicted octanol–water partition coefficient (Wildman–Crippen LogP) is 6.37. The van der Waals surface area contributed by atoms with E-state index >= 15 is 0 Å². The smallest absolute Gasteiger partial charge is 0.229 e. The molecule has 2 aromatic heterocycles. The third-order valence-electron chi connectivity index (χ3n) is 9.96. The van der Waals surface area contributed by atoms with Crippen LogP contribution in [0.2, 0.25) is 0 Å². The van der Waals surface area contributed by atoms with Crippen molar-refractivity contribution >= 4 is 63.6 Å². The lowest BCUT2D eigenvalue weighted by atomic mass is 9.99. The molecule has 11 nitrogen and oxygen atoms in total. The molecule has 0 spiro atoms. The summed E-state index contributed by atoms with van der Waals surface area (Å²) in [6, 6.07) is 9.16. The molecular formula is C36H46N10OS. The molecule has 3 fully saturated rings. The van der Waals surface area contributed by atoms with Gasteiger partial charge in [0.15, 0.2) is 0 Å². The monoisotopic (exact) mass is 666 g/mol. The van der Waals surface area contributed by atoms with Crippen molar-refractivity contribution in [2.24, 2.45) is 0 Å². The van der Waals surface area contributed by atoms with Crippen molar-refractivity contribution in [1.82, 2.24) is 29.7 Å². The SMILES string of the molecule is C=Cc1cnc(Nc2cc(C3CC3)c(N3CCC(N4CCN(C)CC4)CC3)cc2OC)nc1Nc1ccc2nccnc2c1N(C)SC. The molecule has 4 aromatic rings. The predicted molar refractivity (Wildman–Crippen MR) is 199 cm³/mol. The number of rotatable bonds is 11. The van der Waals surface area contributed by atoms with Crippen LogP contribution in [-0.2, 0) is 0 Å². The number of fused-ring (bicyclic) bond motifs is 1. The second kappa shape index (κ2) is 14.2. The van der Waals surface area contributed by atoms with Crippen LogP contribution in [0, 0.1) is 0 Å². The molecule has 252 valence electrons. The first-order chi connectivity index (χ1) is 23.4. The summed E-state index contributed by atoms with van der Waals surface area (Å²) in [6.45, 7) is 10.9. The number of piperazine rings is 1. The highest BCUT2D eigenvalue weighted by Crippen LogP contribution is 2.48. The van der Waals surface area contributed by atoms with Gasteiger partial charge >= 0.3 is 0 Å². The van der Waals surface area contributed by atoms with Gasteiger partial charge in [-0.15, -0.1) is 0 Å². The van der Waals surface area contributed by atoms with Crippen molar-refractivity contribution in [2.45, 2.75) is 37.6 Å².